The molecule has 0 bridgehead atoms. The summed E-state index contributed by atoms with van der Waals surface area (Å²) < 4.78 is 10.5. The summed E-state index contributed by atoms with van der Waals surface area (Å²) in [6.45, 7) is 3.73. The minimum absolute atomic E-state index is 0.0507. The van der Waals surface area contributed by atoms with Crippen molar-refractivity contribution < 1.29 is 33.4 Å². The molecule has 2 amide bonds. The number of ketones is 1. The molecular weight excluding hydrogens is 486 g/mol. The molecule has 38 heavy (non-hydrogen) atoms. The molecule has 0 fully saturated rings. The van der Waals surface area contributed by atoms with Crippen molar-refractivity contribution in [2.75, 3.05) is 13.3 Å². The third kappa shape index (κ3) is 4.64. The van der Waals surface area contributed by atoms with Crippen molar-refractivity contribution in [3.8, 4) is 0 Å². The van der Waals surface area contributed by atoms with Crippen LogP contribution in [0.3, 0.4) is 0 Å². The van der Waals surface area contributed by atoms with Crippen LogP contribution >= 0.6 is 0 Å². The lowest BCUT2D eigenvalue weighted by atomic mass is 9.78. The number of amides is 2. The molecule has 190 valence electrons. The minimum Gasteiger partial charge on any atom is -0.462 e. The molecule has 1 unspecified atom stereocenters. The van der Waals surface area contributed by atoms with E-state index in [1.165, 1.54) is 24.3 Å². The molecule has 0 aromatic heterocycles. The Labute approximate surface area is 218 Å². The maximum atomic E-state index is 12.5. The van der Waals surface area contributed by atoms with E-state index in [1.54, 1.807) is 30.3 Å². The number of Topliss-reactive ketones (excluding diaryl/α,β-unsaturated/α-hetero) is 1. The fourth-order valence-corrected chi connectivity index (χ4v) is 4.64. The minimum atomic E-state index is -0.748. The van der Waals surface area contributed by atoms with E-state index in [4.69, 9.17) is 9.47 Å². The first-order chi connectivity index (χ1) is 18.3. The molecule has 5 rings (SSSR count). The first-order valence-electron chi connectivity index (χ1n) is 12.1. The van der Waals surface area contributed by atoms with Gasteiger partial charge in [-0.2, -0.15) is 0 Å². The van der Waals surface area contributed by atoms with Gasteiger partial charge >= 0.3 is 11.9 Å². The van der Waals surface area contributed by atoms with E-state index in [1.807, 2.05) is 18.2 Å². The Morgan fingerprint density at radius 3 is 1.82 bits per heavy atom. The van der Waals surface area contributed by atoms with E-state index >= 15 is 0 Å². The molecule has 1 aliphatic carbocycles. The van der Waals surface area contributed by atoms with Gasteiger partial charge in [-0.1, -0.05) is 43.0 Å². The second kappa shape index (κ2) is 10.3. The van der Waals surface area contributed by atoms with Crippen molar-refractivity contribution in [1.29, 1.82) is 0 Å². The fraction of sp³-hybridized carbons (Fsp3) is 0.167. The Bertz CT molecular complexity index is 1450. The molecule has 1 heterocycles. The first-order valence-corrected chi connectivity index (χ1v) is 12.1. The number of benzene rings is 3. The lowest BCUT2D eigenvalue weighted by molar-refractivity contribution is 0.0226. The summed E-state index contributed by atoms with van der Waals surface area (Å²) in [7, 11) is 0. The van der Waals surface area contributed by atoms with Gasteiger partial charge in [0.15, 0.2) is 12.5 Å². The second-order valence-electron chi connectivity index (χ2n) is 9.04. The van der Waals surface area contributed by atoms with Gasteiger partial charge in [0, 0.05) is 12.0 Å². The largest absolute Gasteiger partial charge is 0.462 e. The summed E-state index contributed by atoms with van der Waals surface area (Å²) in [6.07, 6.45) is 0.789. The van der Waals surface area contributed by atoms with Gasteiger partial charge in [-0.15, -0.1) is 0 Å². The van der Waals surface area contributed by atoms with Gasteiger partial charge < -0.3 is 9.47 Å². The number of allylic oxidation sites excluding steroid dienone is 1. The average Bonchev–Trinajstić information content (AvgIpc) is 3.19. The first kappa shape index (κ1) is 24.8. The molecule has 0 N–H and O–H groups in total. The second-order valence-corrected chi connectivity index (χ2v) is 9.04. The predicted octanol–water partition coefficient (Wildman–Crippen LogP) is 4.56. The Balaban J connectivity index is 1.12. The number of carbonyl (C=O) groups excluding carboxylic acids is 5. The van der Waals surface area contributed by atoms with Crippen molar-refractivity contribution in [2.24, 2.45) is 5.92 Å². The van der Waals surface area contributed by atoms with E-state index in [2.05, 4.69) is 6.58 Å². The van der Waals surface area contributed by atoms with Crippen LogP contribution in [0, 0.1) is 5.92 Å². The van der Waals surface area contributed by atoms with Gasteiger partial charge in [-0.05, 0) is 59.9 Å². The van der Waals surface area contributed by atoms with E-state index in [0.717, 1.165) is 16.0 Å². The maximum absolute atomic E-state index is 12.5. The lowest BCUT2D eigenvalue weighted by Gasteiger charge is -2.26. The van der Waals surface area contributed by atoms with Gasteiger partial charge in [-0.3, -0.25) is 14.4 Å². The quantitative estimate of drug-likeness (QED) is 0.339. The molecule has 1 aliphatic heterocycles. The third-order valence-electron chi connectivity index (χ3n) is 6.76. The van der Waals surface area contributed by atoms with E-state index in [0.29, 0.717) is 18.4 Å². The van der Waals surface area contributed by atoms with E-state index < -0.39 is 30.5 Å². The summed E-state index contributed by atoms with van der Waals surface area (Å²) in [5, 5.41) is 0. The van der Waals surface area contributed by atoms with Crippen molar-refractivity contribution in [2.45, 2.75) is 12.8 Å². The SMILES string of the molecule is C=C1c2ccccc2C(=O)CC1CCOC(=O)c1ccc(C(=O)OCN2C(=O)c3ccccc3C2=O)cc1. The summed E-state index contributed by atoms with van der Waals surface area (Å²) in [5.74, 6) is -2.42. The molecule has 2 aliphatic rings. The summed E-state index contributed by atoms with van der Waals surface area (Å²) >= 11 is 0. The lowest BCUT2D eigenvalue weighted by Crippen LogP contribution is -2.33. The monoisotopic (exact) mass is 509 g/mol. The zero-order valence-corrected chi connectivity index (χ0v) is 20.3. The van der Waals surface area contributed by atoms with Gasteiger partial charge in [-0.25, -0.2) is 14.5 Å². The number of nitrogens with zero attached hydrogens (tertiary/aromatic N) is 1. The summed E-state index contributed by atoms with van der Waals surface area (Å²) in [6, 6.07) is 19.4. The molecule has 8 nitrogen and oxygen atoms in total. The number of ether oxygens (including phenoxy) is 2. The molecule has 3 aromatic rings. The number of fused-ring (bicyclic) bond motifs is 2. The highest BCUT2D eigenvalue weighted by molar-refractivity contribution is 6.21. The Morgan fingerprint density at radius 2 is 1.24 bits per heavy atom. The van der Waals surface area contributed by atoms with Crippen LogP contribution in [-0.4, -0.2) is 47.8 Å². The molecule has 8 heteroatoms. The smallest absolute Gasteiger partial charge is 0.339 e. The highest BCUT2D eigenvalue weighted by Crippen LogP contribution is 2.36. The highest BCUT2D eigenvalue weighted by atomic mass is 16.5. The van der Waals surface area contributed by atoms with Crippen LogP contribution in [0.4, 0.5) is 0 Å². The number of imide groups is 1. The van der Waals surface area contributed by atoms with Gasteiger partial charge in [0.05, 0.1) is 28.9 Å². The Hall–Kier alpha value is -4.85. The van der Waals surface area contributed by atoms with Crippen LogP contribution in [0.25, 0.3) is 5.57 Å². The zero-order valence-electron chi connectivity index (χ0n) is 20.3. The number of rotatable bonds is 7. The molecule has 0 saturated heterocycles. The number of carbonyl (C=O) groups is 5. The predicted molar refractivity (Wildman–Crippen MR) is 136 cm³/mol. The highest BCUT2D eigenvalue weighted by Gasteiger charge is 2.36. The molecule has 0 spiro atoms. The standard InChI is InChI=1S/C30H23NO7/c1-18-21(16-26(32)23-7-3-2-6-22(18)23)14-15-37-29(35)19-10-12-20(13-11-19)30(36)38-17-31-27(33)24-8-4-5-9-25(24)28(31)34/h2-13,21H,1,14-17H2. The number of hydrogen-bond donors (Lipinski definition) is 0. The third-order valence-corrected chi connectivity index (χ3v) is 6.76. The summed E-state index contributed by atoms with van der Waals surface area (Å²) in [5.41, 5.74) is 3.29. The number of hydrogen-bond acceptors (Lipinski definition) is 7. The normalized spacial score (nSPS) is 16.2. The average molecular weight is 510 g/mol. The topological polar surface area (TPSA) is 107 Å². The summed E-state index contributed by atoms with van der Waals surface area (Å²) in [4.78, 5) is 63.0. The molecule has 3 aromatic carbocycles. The van der Waals surface area contributed by atoms with E-state index in [9.17, 15) is 24.0 Å². The Kier molecular flexibility index (Phi) is 6.70. The van der Waals surface area contributed by atoms with Crippen molar-refractivity contribution in [3.05, 3.63) is 113 Å². The fourth-order valence-electron chi connectivity index (χ4n) is 4.64. The van der Waals surface area contributed by atoms with Gasteiger partial charge in [0.1, 0.15) is 0 Å². The van der Waals surface area contributed by atoms with Crippen LogP contribution < -0.4 is 0 Å². The van der Waals surface area contributed by atoms with Crippen molar-refractivity contribution in [1.82, 2.24) is 4.90 Å². The van der Waals surface area contributed by atoms with Crippen LogP contribution in [-0.2, 0) is 9.47 Å². The number of esters is 2. The molecule has 0 radical (unpaired) electrons. The van der Waals surface area contributed by atoms with Crippen LogP contribution in [0.2, 0.25) is 0 Å². The maximum Gasteiger partial charge on any atom is 0.339 e. The van der Waals surface area contributed by atoms with Crippen LogP contribution in [0.5, 0.6) is 0 Å². The van der Waals surface area contributed by atoms with Gasteiger partial charge in [0.25, 0.3) is 11.8 Å². The van der Waals surface area contributed by atoms with Crippen molar-refractivity contribution >= 4 is 35.1 Å². The van der Waals surface area contributed by atoms with Gasteiger partial charge in [0.2, 0.25) is 0 Å². The van der Waals surface area contributed by atoms with Crippen LogP contribution in [0.1, 0.15) is 70.2 Å². The zero-order chi connectivity index (χ0) is 26.8. The molecule has 0 saturated carbocycles. The van der Waals surface area contributed by atoms with Crippen molar-refractivity contribution in [3.63, 3.8) is 0 Å². The van der Waals surface area contributed by atoms with Crippen LogP contribution in [0.15, 0.2) is 79.4 Å². The Morgan fingerprint density at radius 1 is 0.737 bits per heavy atom. The molecule has 1 atom stereocenters. The van der Waals surface area contributed by atoms with E-state index in [-0.39, 0.29) is 40.6 Å². The molecular formula is C30H23NO7.